The average molecular weight is 295 g/mol. The summed E-state index contributed by atoms with van der Waals surface area (Å²) >= 11 is 1.80. The van der Waals surface area contributed by atoms with E-state index in [1.807, 2.05) is 0 Å². The third-order valence-corrected chi connectivity index (χ3v) is 5.30. The fourth-order valence-corrected chi connectivity index (χ4v) is 4.41. The maximum absolute atomic E-state index is 5.93. The van der Waals surface area contributed by atoms with Crippen LogP contribution in [0.15, 0.2) is 0 Å². The molecule has 1 aliphatic rings. The van der Waals surface area contributed by atoms with Gasteiger partial charge < -0.3 is 10.6 Å². The lowest BCUT2D eigenvalue weighted by Gasteiger charge is -2.33. The van der Waals surface area contributed by atoms with Crippen molar-refractivity contribution in [1.29, 1.82) is 0 Å². The summed E-state index contributed by atoms with van der Waals surface area (Å²) in [6.07, 6.45) is 6.75. The molecule has 1 aliphatic carbocycles. The zero-order chi connectivity index (χ0) is 14.8. The van der Waals surface area contributed by atoms with E-state index in [-0.39, 0.29) is 5.41 Å². The summed E-state index contributed by atoms with van der Waals surface area (Å²) in [6.45, 7) is 10.6. The zero-order valence-electron chi connectivity index (χ0n) is 13.4. The molecule has 3 nitrogen and oxygen atoms in total. The predicted molar refractivity (Wildman–Crippen MR) is 88.6 cm³/mol. The highest BCUT2D eigenvalue weighted by atomic mass is 32.1. The molecule has 114 valence electrons. The number of anilines is 1. The molecule has 1 heterocycles. The maximum atomic E-state index is 5.93. The van der Waals surface area contributed by atoms with Crippen LogP contribution in [0.25, 0.3) is 0 Å². The first-order valence-corrected chi connectivity index (χ1v) is 8.76. The van der Waals surface area contributed by atoms with Gasteiger partial charge in [0.15, 0.2) is 5.13 Å². The Morgan fingerprint density at radius 1 is 1.25 bits per heavy atom. The number of aromatic nitrogens is 1. The lowest BCUT2D eigenvalue weighted by atomic mass is 9.91. The van der Waals surface area contributed by atoms with Crippen LogP contribution < -0.4 is 10.6 Å². The minimum atomic E-state index is 0.0788. The Kier molecular flexibility index (Phi) is 5.08. The Bertz CT molecular complexity index is 427. The first kappa shape index (κ1) is 15.8. The summed E-state index contributed by atoms with van der Waals surface area (Å²) in [5.41, 5.74) is 7.20. The number of thiazole rings is 1. The molecular formula is C16H29N3S. The van der Waals surface area contributed by atoms with E-state index in [0.29, 0.717) is 12.6 Å². The SMILES string of the molecule is CCN(c1nc(C(C)(C)C)c(CN)s1)C1CCCCC1. The Morgan fingerprint density at radius 3 is 2.35 bits per heavy atom. The Balaban J connectivity index is 2.28. The van der Waals surface area contributed by atoms with Crippen molar-refractivity contribution >= 4 is 16.5 Å². The Hall–Kier alpha value is -0.610. The van der Waals surface area contributed by atoms with E-state index >= 15 is 0 Å². The van der Waals surface area contributed by atoms with Crippen molar-refractivity contribution in [1.82, 2.24) is 4.98 Å². The van der Waals surface area contributed by atoms with Gasteiger partial charge in [-0.15, -0.1) is 11.3 Å². The molecule has 0 bridgehead atoms. The van der Waals surface area contributed by atoms with Crippen molar-refractivity contribution in [3.8, 4) is 0 Å². The smallest absolute Gasteiger partial charge is 0.186 e. The summed E-state index contributed by atoms with van der Waals surface area (Å²) < 4.78 is 0. The second-order valence-corrected chi connectivity index (χ2v) is 7.86. The third-order valence-electron chi connectivity index (χ3n) is 4.18. The van der Waals surface area contributed by atoms with Gasteiger partial charge in [-0.05, 0) is 19.8 Å². The van der Waals surface area contributed by atoms with E-state index in [1.165, 1.54) is 47.8 Å². The number of rotatable bonds is 4. The maximum Gasteiger partial charge on any atom is 0.186 e. The fourth-order valence-electron chi connectivity index (χ4n) is 3.13. The largest absolute Gasteiger partial charge is 0.345 e. The molecule has 2 rings (SSSR count). The van der Waals surface area contributed by atoms with Gasteiger partial charge >= 0.3 is 0 Å². The van der Waals surface area contributed by atoms with Gasteiger partial charge in [-0.2, -0.15) is 0 Å². The van der Waals surface area contributed by atoms with Crippen LogP contribution in [0, 0.1) is 0 Å². The van der Waals surface area contributed by atoms with Crippen LogP contribution in [0.4, 0.5) is 5.13 Å². The molecule has 1 fully saturated rings. The minimum Gasteiger partial charge on any atom is -0.345 e. The van der Waals surface area contributed by atoms with Crippen LogP contribution in [0.5, 0.6) is 0 Å². The predicted octanol–water partition coefficient (Wildman–Crippen LogP) is 4.06. The Labute approximate surface area is 127 Å². The van der Waals surface area contributed by atoms with Crippen molar-refractivity contribution < 1.29 is 0 Å². The number of nitrogens with zero attached hydrogens (tertiary/aromatic N) is 2. The van der Waals surface area contributed by atoms with Crippen LogP contribution >= 0.6 is 11.3 Å². The molecule has 0 radical (unpaired) electrons. The zero-order valence-corrected chi connectivity index (χ0v) is 14.2. The molecule has 0 unspecified atom stereocenters. The fraction of sp³-hybridized carbons (Fsp3) is 0.812. The standard InChI is InChI=1S/C16H29N3S/c1-5-19(12-9-7-6-8-10-12)15-18-14(16(2,3)4)13(11-17)20-15/h12H,5-11,17H2,1-4H3. The van der Waals surface area contributed by atoms with Gasteiger partial charge in [-0.25, -0.2) is 4.98 Å². The quantitative estimate of drug-likeness (QED) is 0.911. The summed E-state index contributed by atoms with van der Waals surface area (Å²) in [4.78, 5) is 8.73. The average Bonchev–Trinajstić information content (AvgIpc) is 2.85. The molecule has 0 amide bonds. The molecule has 1 aromatic rings. The molecule has 1 saturated carbocycles. The van der Waals surface area contributed by atoms with E-state index in [1.54, 1.807) is 11.3 Å². The molecule has 4 heteroatoms. The van der Waals surface area contributed by atoms with E-state index in [0.717, 1.165) is 6.54 Å². The first-order valence-electron chi connectivity index (χ1n) is 7.94. The molecule has 0 spiro atoms. The van der Waals surface area contributed by atoms with Crippen LogP contribution in [0.2, 0.25) is 0 Å². The lowest BCUT2D eigenvalue weighted by molar-refractivity contribution is 0.417. The normalized spacial score (nSPS) is 17.4. The van der Waals surface area contributed by atoms with Gasteiger partial charge in [0.2, 0.25) is 0 Å². The van der Waals surface area contributed by atoms with Crippen molar-refractivity contribution in [2.24, 2.45) is 5.73 Å². The highest BCUT2D eigenvalue weighted by Gasteiger charge is 2.27. The molecule has 0 saturated heterocycles. The van der Waals surface area contributed by atoms with Gasteiger partial charge in [-0.1, -0.05) is 40.0 Å². The minimum absolute atomic E-state index is 0.0788. The van der Waals surface area contributed by atoms with Gasteiger partial charge in [0.25, 0.3) is 0 Å². The van der Waals surface area contributed by atoms with Crippen LogP contribution in [-0.4, -0.2) is 17.6 Å². The van der Waals surface area contributed by atoms with Crippen LogP contribution in [0.1, 0.15) is 70.4 Å². The molecule has 20 heavy (non-hydrogen) atoms. The number of hydrogen-bond donors (Lipinski definition) is 1. The second-order valence-electron chi connectivity index (χ2n) is 6.80. The molecule has 0 atom stereocenters. The summed E-state index contributed by atoms with van der Waals surface area (Å²) in [5, 5.41) is 1.18. The molecular weight excluding hydrogens is 266 g/mol. The third kappa shape index (κ3) is 3.34. The Morgan fingerprint density at radius 2 is 1.90 bits per heavy atom. The van der Waals surface area contributed by atoms with E-state index < -0.39 is 0 Å². The van der Waals surface area contributed by atoms with E-state index in [4.69, 9.17) is 10.7 Å². The molecule has 0 aromatic carbocycles. The molecule has 1 aromatic heterocycles. The van der Waals surface area contributed by atoms with Gasteiger partial charge in [0, 0.05) is 29.4 Å². The second kappa shape index (κ2) is 6.44. The molecule has 0 aliphatic heterocycles. The van der Waals surface area contributed by atoms with Crippen molar-refractivity contribution in [2.75, 3.05) is 11.4 Å². The van der Waals surface area contributed by atoms with E-state index in [2.05, 4.69) is 32.6 Å². The summed E-state index contributed by atoms with van der Waals surface area (Å²) in [6, 6.07) is 0.679. The van der Waals surface area contributed by atoms with Crippen molar-refractivity contribution in [2.45, 2.75) is 77.8 Å². The topological polar surface area (TPSA) is 42.2 Å². The summed E-state index contributed by atoms with van der Waals surface area (Å²) in [5.74, 6) is 0. The number of nitrogens with two attached hydrogens (primary N) is 1. The van der Waals surface area contributed by atoms with E-state index in [9.17, 15) is 0 Å². The first-order chi connectivity index (χ1) is 9.47. The van der Waals surface area contributed by atoms with Crippen molar-refractivity contribution in [3.63, 3.8) is 0 Å². The highest BCUT2D eigenvalue weighted by Crippen LogP contribution is 2.36. The summed E-state index contributed by atoms with van der Waals surface area (Å²) in [7, 11) is 0. The van der Waals surface area contributed by atoms with Crippen molar-refractivity contribution in [3.05, 3.63) is 10.6 Å². The number of hydrogen-bond acceptors (Lipinski definition) is 4. The lowest BCUT2D eigenvalue weighted by Crippen LogP contribution is -2.36. The van der Waals surface area contributed by atoms with Gasteiger partial charge in [0.05, 0.1) is 5.69 Å². The monoisotopic (exact) mass is 295 g/mol. The molecule has 2 N–H and O–H groups in total. The highest BCUT2D eigenvalue weighted by molar-refractivity contribution is 7.15. The van der Waals surface area contributed by atoms with Gasteiger partial charge in [-0.3, -0.25) is 0 Å². The van der Waals surface area contributed by atoms with Crippen LogP contribution in [0.3, 0.4) is 0 Å². The van der Waals surface area contributed by atoms with Crippen LogP contribution in [-0.2, 0) is 12.0 Å². The van der Waals surface area contributed by atoms with Gasteiger partial charge in [0.1, 0.15) is 0 Å².